The maximum Gasteiger partial charge on any atom is 0.311 e. The molecule has 0 bridgehead atoms. The number of hydrogen-bond donors (Lipinski definition) is 2. The summed E-state index contributed by atoms with van der Waals surface area (Å²) in [4.78, 5) is 111. The Hall–Kier alpha value is -3.62. The van der Waals surface area contributed by atoms with E-state index in [4.69, 9.17) is 37.9 Å². The molecule has 0 saturated carbocycles. The zero-order valence-electron chi connectivity index (χ0n) is 46.5. The largest absolute Gasteiger partial charge is 0.462 e. The fraction of sp³-hybridized carbons (Fsp3) is 0.843. The molecule has 2 rings (SSSR count). The van der Waals surface area contributed by atoms with Gasteiger partial charge in [0.05, 0.1) is 32.5 Å². The normalized spacial score (nSPS) is 25.7. The molecule has 408 valence electrons. The van der Waals surface area contributed by atoms with E-state index in [-0.39, 0.29) is 0 Å². The van der Waals surface area contributed by atoms with E-state index in [1.807, 2.05) is 13.8 Å². The van der Waals surface area contributed by atoms with E-state index in [0.717, 1.165) is 0 Å². The minimum absolute atomic E-state index is 0.398. The zero-order chi connectivity index (χ0) is 55.2. The monoisotopic (exact) mass is 1050 g/mol. The van der Waals surface area contributed by atoms with E-state index in [9.17, 15) is 38.4 Å². The predicted octanol–water partition coefficient (Wildman–Crippen LogP) is 6.95. The molecule has 2 amide bonds. The maximum absolute atomic E-state index is 14.9. The van der Waals surface area contributed by atoms with Gasteiger partial charge in [-0.1, -0.05) is 13.8 Å². The fourth-order valence-electron chi connectivity index (χ4n) is 6.28. The van der Waals surface area contributed by atoms with Crippen molar-refractivity contribution in [2.45, 2.75) is 212 Å². The van der Waals surface area contributed by atoms with Crippen LogP contribution in [0.3, 0.4) is 0 Å². The molecule has 0 aromatic rings. The number of esters is 6. The number of hydrogen-bond acceptors (Lipinski definition) is 18. The van der Waals surface area contributed by atoms with Gasteiger partial charge in [0.2, 0.25) is 11.8 Å². The highest BCUT2D eigenvalue weighted by atomic mass is 32.2. The Morgan fingerprint density at radius 2 is 0.634 bits per heavy atom. The molecule has 2 fully saturated rings. The number of nitrogens with one attached hydrogen (secondary N) is 2. The average Bonchev–Trinajstić information content (AvgIpc) is 3.20. The third-order valence-corrected chi connectivity index (χ3v) is 13.2. The molecule has 18 nitrogen and oxygen atoms in total. The summed E-state index contributed by atoms with van der Waals surface area (Å²) in [7, 11) is 0. The van der Waals surface area contributed by atoms with Gasteiger partial charge < -0.3 is 48.5 Å². The third kappa shape index (κ3) is 17.8. The van der Waals surface area contributed by atoms with Gasteiger partial charge in [-0.15, -0.1) is 23.5 Å². The summed E-state index contributed by atoms with van der Waals surface area (Å²) in [5.41, 5.74) is -10.1. The van der Waals surface area contributed by atoms with Gasteiger partial charge in [-0.3, -0.25) is 38.4 Å². The van der Waals surface area contributed by atoms with E-state index in [1.165, 1.54) is 37.4 Å². The van der Waals surface area contributed by atoms with Gasteiger partial charge in [-0.25, -0.2) is 0 Å². The summed E-state index contributed by atoms with van der Waals surface area (Å²) in [6, 6.07) is -2.53. The first kappa shape index (κ1) is 63.5. The molecule has 0 aliphatic carbocycles. The van der Waals surface area contributed by atoms with E-state index < -0.39 is 158 Å². The fourth-order valence-corrected chi connectivity index (χ4v) is 8.24. The van der Waals surface area contributed by atoms with Gasteiger partial charge in [0.1, 0.15) is 53.8 Å². The van der Waals surface area contributed by atoms with Crippen molar-refractivity contribution in [1.82, 2.24) is 10.6 Å². The number of thioether (sulfide) groups is 2. The highest BCUT2D eigenvalue weighted by molar-refractivity contribution is 8.00. The highest BCUT2D eigenvalue weighted by Gasteiger charge is 2.56. The Morgan fingerprint density at radius 3 is 0.859 bits per heavy atom. The van der Waals surface area contributed by atoms with Gasteiger partial charge in [-0.05, 0) is 150 Å². The summed E-state index contributed by atoms with van der Waals surface area (Å²) in [5.74, 6) is -4.83. The summed E-state index contributed by atoms with van der Waals surface area (Å²) < 4.78 is 49.1. The first-order chi connectivity index (χ1) is 32.0. The molecule has 2 aliphatic rings. The van der Waals surface area contributed by atoms with E-state index in [1.54, 1.807) is 125 Å². The lowest BCUT2D eigenvalue weighted by Crippen LogP contribution is -2.69. The van der Waals surface area contributed by atoms with Crippen molar-refractivity contribution in [3.8, 4) is 0 Å². The van der Waals surface area contributed by atoms with E-state index in [2.05, 4.69) is 10.6 Å². The number of carbonyl (C=O) groups is 8. The van der Waals surface area contributed by atoms with Crippen molar-refractivity contribution in [2.24, 2.45) is 37.9 Å². The van der Waals surface area contributed by atoms with E-state index >= 15 is 0 Å². The summed E-state index contributed by atoms with van der Waals surface area (Å²) in [5, 5.41) is 5.81. The summed E-state index contributed by atoms with van der Waals surface area (Å²) in [6.07, 6.45) is -8.08. The van der Waals surface area contributed by atoms with Crippen molar-refractivity contribution < 1.29 is 76.3 Å². The van der Waals surface area contributed by atoms with Crippen molar-refractivity contribution in [2.75, 3.05) is 24.7 Å². The van der Waals surface area contributed by atoms with Gasteiger partial charge in [0, 0.05) is 0 Å². The van der Waals surface area contributed by atoms with Crippen LogP contribution in [0.4, 0.5) is 0 Å². The van der Waals surface area contributed by atoms with Crippen molar-refractivity contribution >= 4 is 71.2 Å². The van der Waals surface area contributed by atoms with E-state index in [0.29, 0.717) is 11.5 Å². The van der Waals surface area contributed by atoms with Crippen LogP contribution >= 0.6 is 23.5 Å². The molecule has 2 saturated heterocycles. The van der Waals surface area contributed by atoms with Crippen LogP contribution in [-0.4, -0.2) is 132 Å². The maximum atomic E-state index is 14.9. The molecule has 0 spiro atoms. The molecule has 20 heteroatoms. The number of amides is 2. The minimum Gasteiger partial charge on any atom is -0.462 e. The standard InChI is InChI=1S/C51H86N2O16S2/c1-23-70-35-29(33(68-43(60)49(15,16)17)31(66-41(58)47(9,10)11)27(64-35)25-62-39(56)45(3,4)5)52-37(54)51(21,22)38(55)53-30-34(69-44(61)50(18,19)20)32(67-42(59)48(12,13)14)28(65-36(30)71-24-2)26-63-40(57)46(6,7)8/h27-36H,23-26H2,1-22H3,(H,52,54)(H,53,55)/t27-,28-,29-,30-,31-,32-,33-,34-,35+,36+/m1/s1. The van der Waals surface area contributed by atoms with Crippen LogP contribution in [0.2, 0.25) is 0 Å². The third-order valence-electron chi connectivity index (χ3n) is 11.1. The molecule has 71 heavy (non-hydrogen) atoms. The number of rotatable bonds is 16. The molecule has 10 atom stereocenters. The first-order valence-corrected chi connectivity index (χ1v) is 26.4. The molecule has 0 aromatic carbocycles. The average molecular weight is 1050 g/mol. The number of carbonyl (C=O) groups excluding carboxylic acids is 8. The smallest absolute Gasteiger partial charge is 0.311 e. The Bertz CT molecular complexity index is 1780. The molecular weight excluding hydrogens is 961 g/mol. The topological polar surface area (TPSA) is 234 Å². The molecular formula is C51H86N2O16S2. The zero-order valence-corrected chi connectivity index (χ0v) is 48.1. The Labute approximate surface area is 431 Å². The van der Waals surface area contributed by atoms with Crippen LogP contribution < -0.4 is 10.6 Å². The second kappa shape index (κ2) is 24.2. The molecule has 0 aromatic heterocycles. The molecule has 2 aliphatic heterocycles. The van der Waals surface area contributed by atoms with Gasteiger partial charge in [-0.2, -0.15) is 0 Å². The second-order valence-electron chi connectivity index (χ2n) is 24.8. The van der Waals surface area contributed by atoms with Crippen LogP contribution in [0.25, 0.3) is 0 Å². The van der Waals surface area contributed by atoms with Gasteiger partial charge in [0.15, 0.2) is 24.4 Å². The first-order valence-electron chi connectivity index (χ1n) is 24.3. The van der Waals surface area contributed by atoms with Crippen LogP contribution in [0.15, 0.2) is 0 Å². The van der Waals surface area contributed by atoms with Crippen molar-refractivity contribution in [3.63, 3.8) is 0 Å². The quantitative estimate of drug-likeness (QED) is 0.0904. The Balaban J connectivity index is 2.81. The molecule has 0 radical (unpaired) electrons. The van der Waals surface area contributed by atoms with Gasteiger partial charge in [0.25, 0.3) is 0 Å². The lowest BCUT2D eigenvalue weighted by atomic mass is 9.87. The van der Waals surface area contributed by atoms with Crippen LogP contribution in [-0.2, 0) is 76.3 Å². The Morgan fingerprint density at radius 1 is 0.394 bits per heavy atom. The SMILES string of the molecule is CCS[C@@H]1O[C@H](COC(=O)C(C)(C)C)[C@@H](OC(=O)C(C)(C)C)[C@H](OC(=O)C(C)(C)C)[C@H]1NC(=O)C(C)(C)C(=O)N[C@@H]1[C@@H](OC(=O)C(C)(C)C)[C@H](OC(=O)C(C)(C)C)[C@@H](COC(=O)C(C)(C)C)O[C@H]1SCC. The van der Waals surface area contributed by atoms with Crippen molar-refractivity contribution in [1.29, 1.82) is 0 Å². The summed E-state index contributed by atoms with van der Waals surface area (Å²) in [6.45, 7) is 35.2. The summed E-state index contributed by atoms with van der Waals surface area (Å²) >= 11 is 2.47. The van der Waals surface area contributed by atoms with Gasteiger partial charge >= 0.3 is 35.8 Å². The Kier molecular flexibility index (Phi) is 21.6. The molecule has 2 heterocycles. The highest BCUT2D eigenvalue weighted by Crippen LogP contribution is 2.38. The second-order valence-corrected chi connectivity index (χ2v) is 27.5. The van der Waals surface area contributed by atoms with Crippen molar-refractivity contribution in [3.05, 3.63) is 0 Å². The molecule has 0 unspecified atom stereocenters. The lowest BCUT2D eigenvalue weighted by Gasteiger charge is -2.47. The molecule has 2 N–H and O–H groups in total. The van der Waals surface area contributed by atoms with Crippen LogP contribution in [0.5, 0.6) is 0 Å². The minimum atomic E-state index is -1.98. The predicted molar refractivity (Wildman–Crippen MR) is 269 cm³/mol. The van der Waals surface area contributed by atoms with Crippen LogP contribution in [0.1, 0.15) is 152 Å². The van der Waals surface area contributed by atoms with Crippen LogP contribution in [0, 0.1) is 37.9 Å². The lowest BCUT2D eigenvalue weighted by molar-refractivity contribution is -0.222. The number of ether oxygens (including phenoxy) is 8.